The van der Waals surface area contributed by atoms with Crippen molar-refractivity contribution < 1.29 is 14.3 Å². The zero-order valence-electron chi connectivity index (χ0n) is 10.6. The Morgan fingerprint density at radius 1 is 1.33 bits per heavy atom. The molecular weight excluding hydrogens is 232 g/mol. The highest BCUT2D eigenvalue weighted by atomic mass is 16.5. The molecule has 2 rings (SSSR count). The molecule has 0 unspecified atom stereocenters. The molecule has 18 heavy (non-hydrogen) atoms. The van der Waals surface area contributed by atoms with E-state index in [1.807, 2.05) is 24.3 Å². The number of nitrogens with two attached hydrogens (primary N) is 1. The minimum Gasteiger partial charge on any atom is -0.497 e. The van der Waals surface area contributed by atoms with E-state index in [0.717, 1.165) is 11.4 Å². The summed E-state index contributed by atoms with van der Waals surface area (Å²) in [5, 5.41) is 3.20. The Morgan fingerprint density at radius 2 is 1.94 bits per heavy atom. The molecule has 1 aromatic rings. The molecular formula is C13H18N2O3. The Kier molecular flexibility index (Phi) is 3.43. The number of amides is 1. The summed E-state index contributed by atoms with van der Waals surface area (Å²) >= 11 is 0. The van der Waals surface area contributed by atoms with Gasteiger partial charge in [0.2, 0.25) is 5.91 Å². The first kappa shape index (κ1) is 12.7. The van der Waals surface area contributed by atoms with Crippen molar-refractivity contribution in [3.8, 4) is 5.75 Å². The van der Waals surface area contributed by atoms with E-state index in [4.69, 9.17) is 15.2 Å². The van der Waals surface area contributed by atoms with Crippen molar-refractivity contribution in [2.24, 2.45) is 5.73 Å². The van der Waals surface area contributed by atoms with Gasteiger partial charge in [0.25, 0.3) is 0 Å². The van der Waals surface area contributed by atoms with Gasteiger partial charge in [-0.25, -0.2) is 0 Å². The van der Waals surface area contributed by atoms with E-state index >= 15 is 0 Å². The van der Waals surface area contributed by atoms with E-state index in [9.17, 15) is 4.79 Å². The number of hydrogen-bond donors (Lipinski definition) is 2. The van der Waals surface area contributed by atoms with Gasteiger partial charge in [0.1, 0.15) is 11.3 Å². The van der Waals surface area contributed by atoms with Crippen LogP contribution in [0, 0.1) is 0 Å². The molecule has 1 aliphatic rings. The fourth-order valence-corrected chi connectivity index (χ4v) is 2.20. The van der Waals surface area contributed by atoms with Crippen LogP contribution in [0.3, 0.4) is 0 Å². The molecule has 0 saturated heterocycles. The molecule has 0 spiro atoms. The number of nitrogens with one attached hydrogen (secondary N) is 1. The summed E-state index contributed by atoms with van der Waals surface area (Å²) < 4.78 is 10.3. The third kappa shape index (κ3) is 2.26. The number of hydrogen-bond acceptors (Lipinski definition) is 4. The second-order valence-electron chi connectivity index (χ2n) is 4.57. The van der Waals surface area contributed by atoms with E-state index in [1.54, 1.807) is 14.2 Å². The molecule has 0 aromatic heterocycles. The van der Waals surface area contributed by atoms with Crippen LogP contribution in [0.1, 0.15) is 12.8 Å². The maximum Gasteiger partial charge on any atom is 0.243 e. The average Bonchev–Trinajstić information content (AvgIpc) is 2.33. The van der Waals surface area contributed by atoms with Crippen LogP contribution in [0.4, 0.5) is 5.69 Å². The monoisotopic (exact) mass is 250 g/mol. The molecule has 1 aromatic carbocycles. The second kappa shape index (κ2) is 4.86. The van der Waals surface area contributed by atoms with Crippen LogP contribution in [0.25, 0.3) is 0 Å². The molecule has 5 nitrogen and oxygen atoms in total. The average molecular weight is 250 g/mol. The van der Waals surface area contributed by atoms with Crippen LogP contribution in [-0.2, 0) is 9.53 Å². The van der Waals surface area contributed by atoms with Gasteiger partial charge in [-0.15, -0.1) is 0 Å². The number of carbonyl (C=O) groups is 1. The van der Waals surface area contributed by atoms with Gasteiger partial charge in [-0.2, -0.15) is 0 Å². The summed E-state index contributed by atoms with van der Waals surface area (Å²) in [6.07, 6.45) is 1.30. The van der Waals surface area contributed by atoms with Crippen molar-refractivity contribution in [1.29, 1.82) is 0 Å². The van der Waals surface area contributed by atoms with Gasteiger partial charge in [0.15, 0.2) is 0 Å². The molecule has 0 heterocycles. The van der Waals surface area contributed by atoms with Crippen molar-refractivity contribution in [2.75, 3.05) is 19.5 Å². The Morgan fingerprint density at radius 3 is 2.39 bits per heavy atom. The van der Waals surface area contributed by atoms with E-state index in [0.29, 0.717) is 12.8 Å². The van der Waals surface area contributed by atoms with Gasteiger partial charge in [-0.1, -0.05) is 0 Å². The molecule has 1 fully saturated rings. The third-order valence-corrected chi connectivity index (χ3v) is 3.43. The van der Waals surface area contributed by atoms with Crippen molar-refractivity contribution in [1.82, 2.24) is 0 Å². The lowest BCUT2D eigenvalue weighted by Gasteiger charge is -2.45. The molecule has 5 heteroatoms. The number of ether oxygens (including phenoxy) is 2. The predicted octanol–water partition coefficient (Wildman–Crippen LogP) is 1.14. The number of benzene rings is 1. The summed E-state index contributed by atoms with van der Waals surface area (Å²) in [6.45, 7) is 0. The topological polar surface area (TPSA) is 73.6 Å². The SMILES string of the molecule is COc1ccc(NC2(C(N)=O)CC(OC)C2)cc1. The molecule has 98 valence electrons. The zero-order chi connectivity index (χ0) is 13.2. The van der Waals surface area contributed by atoms with Crippen LogP contribution in [0.15, 0.2) is 24.3 Å². The largest absolute Gasteiger partial charge is 0.497 e. The number of methoxy groups -OCH3 is 2. The van der Waals surface area contributed by atoms with Crippen LogP contribution in [-0.4, -0.2) is 31.8 Å². The minimum atomic E-state index is -0.685. The van der Waals surface area contributed by atoms with E-state index in [-0.39, 0.29) is 12.0 Å². The van der Waals surface area contributed by atoms with Gasteiger partial charge >= 0.3 is 0 Å². The highest BCUT2D eigenvalue weighted by Gasteiger charge is 2.49. The smallest absolute Gasteiger partial charge is 0.243 e. The van der Waals surface area contributed by atoms with Gasteiger partial charge in [0.05, 0.1) is 13.2 Å². The third-order valence-electron chi connectivity index (χ3n) is 3.43. The number of anilines is 1. The van der Waals surface area contributed by atoms with Crippen molar-refractivity contribution >= 4 is 11.6 Å². The lowest BCUT2D eigenvalue weighted by Crippen LogP contribution is -2.61. The van der Waals surface area contributed by atoms with Crippen molar-refractivity contribution in [3.05, 3.63) is 24.3 Å². The van der Waals surface area contributed by atoms with Crippen LogP contribution in [0.2, 0.25) is 0 Å². The second-order valence-corrected chi connectivity index (χ2v) is 4.57. The first-order chi connectivity index (χ1) is 8.59. The first-order valence-corrected chi connectivity index (χ1v) is 5.84. The number of rotatable bonds is 5. The maximum atomic E-state index is 11.6. The fraction of sp³-hybridized carbons (Fsp3) is 0.462. The number of primary amides is 1. The first-order valence-electron chi connectivity index (χ1n) is 5.84. The predicted molar refractivity (Wildman–Crippen MR) is 68.6 cm³/mol. The lowest BCUT2D eigenvalue weighted by atomic mass is 9.73. The van der Waals surface area contributed by atoms with E-state index in [2.05, 4.69) is 5.32 Å². The van der Waals surface area contributed by atoms with Crippen LogP contribution < -0.4 is 15.8 Å². The van der Waals surface area contributed by atoms with Gasteiger partial charge in [-0.3, -0.25) is 4.79 Å². The van der Waals surface area contributed by atoms with E-state index < -0.39 is 5.54 Å². The van der Waals surface area contributed by atoms with Crippen LogP contribution in [0.5, 0.6) is 5.75 Å². The Balaban J connectivity index is 2.08. The molecule has 0 aliphatic heterocycles. The summed E-state index contributed by atoms with van der Waals surface area (Å²) in [4.78, 5) is 11.6. The molecule has 0 radical (unpaired) electrons. The maximum absolute atomic E-state index is 11.6. The number of carbonyl (C=O) groups excluding carboxylic acids is 1. The molecule has 1 amide bonds. The summed E-state index contributed by atoms with van der Waals surface area (Å²) in [5.41, 5.74) is 5.64. The molecule has 0 bridgehead atoms. The highest BCUT2D eigenvalue weighted by Crippen LogP contribution is 2.37. The molecule has 1 aliphatic carbocycles. The molecule has 1 saturated carbocycles. The molecule has 0 atom stereocenters. The Labute approximate surface area is 106 Å². The van der Waals surface area contributed by atoms with Gasteiger partial charge in [-0.05, 0) is 24.3 Å². The van der Waals surface area contributed by atoms with Crippen molar-refractivity contribution in [3.63, 3.8) is 0 Å². The highest BCUT2D eigenvalue weighted by molar-refractivity contribution is 5.89. The minimum absolute atomic E-state index is 0.100. The summed E-state index contributed by atoms with van der Waals surface area (Å²) in [6, 6.07) is 7.40. The molecule has 3 N–H and O–H groups in total. The quantitative estimate of drug-likeness (QED) is 0.822. The zero-order valence-corrected chi connectivity index (χ0v) is 10.6. The normalized spacial score (nSPS) is 26.2. The summed E-state index contributed by atoms with van der Waals surface area (Å²) in [5.74, 6) is 0.434. The van der Waals surface area contributed by atoms with Crippen molar-refractivity contribution in [2.45, 2.75) is 24.5 Å². The van der Waals surface area contributed by atoms with Crippen LogP contribution >= 0.6 is 0 Å². The fourth-order valence-electron chi connectivity index (χ4n) is 2.20. The van der Waals surface area contributed by atoms with E-state index in [1.165, 1.54) is 0 Å². The Hall–Kier alpha value is -1.75. The standard InChI is InChI=1S/C13H18N2O3/c1-17-10-5-3-9(4-6-10)15-13(12(14)16)7-11(8-13)18-2/h3-6,11,15H,7-8H2,1-2H3,(H2,14,16). The lowest BCUT2D eigenvalue weighted by molar-refractivity contribution is -0.130. The van der Waals surface area contributed by atoms with Gasteiger partial charge in [0, 0.05) is 25.6 Å². The van der Waals surface area contributed by atoms with Gasteiger partial charge < -0.3 is 20.5 Å². The summed E-state index contributed by atoms with van der Waals surface area (Å²) in [7, 11) is 3.26. The Bertz CT molecular complexity index is 424.